The third kappa shape index (κ3) is 3.76. The van der Waals surface area contributed by atoms with Gasteiger partial charge in [0.1, 0.15) is 10.7 Å². The fourth-order valence-electron chi connectivity index (χ4n) is 1.75. The number of halogens is 2. The van der Waals surface area contributed by atoms with Crippen LogP contribution in [0.4, 0.5) is 4.39 Å². The second-order valence-electron chi connectivity index (χ2n) is 4.22. The molecule has 0 saturated carbocycles. The van der Waals surface area contributed by atoms with Gasteiger partial charge in [0.15, 0.2) is 0 Å². The van der Waals surface area contributed by atoms with E-state index in [2.05, 4.69) is 9.71 Å². The van der Waals surface area contributed by atoms with Crippen molar-refractivity contribution in [3.05, 3.63) is 59.1 Å². The third-order valence-electron chi connectivity index (χ3n) is 2.75. The van der Waals surface area contributed by atoms with Crippen LogP contribution in [0.5, 0.6) is 0 Å². The molecule has 112 valence electrons. The van der Waals surface area contributed by atoms with E-state index in [1.165, 1.54) is 30.5 Å². The van der Waals surface area contributed by atoms with Gasteiger partial charge in [-0.05, 0) is 12.1 Å². The zero-order valence-electron chi connectivity index (χ0n) is 10.7. The molecule has 8 heteroatoms. The van der Waals surface area contributed by atoms with E-state index in [4.69, 9.17) is 11.6 Å². The van der Waals surface area contributed by atoms with Gasteiger partial charge >= 0.3 is 0 Å². The Hall–Kier alpha value is -1.54. The molecule has 0 aliphatic rings. The van der Waals surface area contributed by atoms with Crippen molar-refractivity contribution in [3.63, 3.8) is 0 Å². The Balaban J connectivity index is 2.32. The van der Waals surface area contributed by atoms with Crippen molar-refractivity contribution in [3.8, 4) is 0 Å². The molecule has 2 N–H and O–H groups in total. The molecule has 0 unspecified atom stereocenters. The molecule has 1 aromatic heterocycles. The molecule has 0 saturated heterocycles. The van der Waals surface area contributed by atoms with E-state index in [0.717, 1.165) is 6.20 Å². The Morgan fingerprint density at radius 1 is 1.33 bits per heavy atom. The normalized spacial score (nSPS) is 13.1. The summed E-state index contributed by atoms with van der Waals surface area (Å²) in [6.45, 7) is -0.589. The van der Waals surface area contributed by atoms with Gasteiger partial charge in [0.25, 0.3) is 0 Å². The van der Waals surface area contributed by atoms with E-state index >= 15 is 0 Å². The molecular weight excluding hydrogens is 319 g/mol. The van der Waals surface area contributed by atoms with E-state index in [0.29, 0.717) is 0 Å². The first-order chi connectivity index (χ1) is 9.94. The van der Waals surface area contributed by atoms with Gasteiger partial charge in [-0.2, -0.15) is 0 Å². The molecule has 0 spiro atoms. The largest absolute Gasteiger partial charge is 0.394 e. The summed E-state index contributed by atoms with van der Waals surface area (Å²) in [6.07, 6.45) is 2.41. The number of nitrogens with zero attached hydrogens (tertiary/aromatic N) is 1. The van der Waals surface area contributed by atoms with Gasteiger partial charge in [0.2, 0.25) is 10.0 Å². The molecule has 0 bridgehead atoms. The average Bonchev–Trinajstić information content (AvgIpc) is 2.45. The fraction of sp³-hybridized carbons (Fsp3) is 0.154. The Morgan fingerprint density at radius 2 is 2.05 bits per heavy atom. The Morgan fingerprint density at radius 3 is 2.67 bits per heavy atom. The van der Waals surface area contributed by atoms with Crippen LogP contribution in [0.2, 0.25) is 5.02 Å². The topological polar surface area (TPSA) is 79.3 Å². The second-order valence-corrected chi connectivity index (χ2v) is 6.37. The van der Waals surface area contributed by atoms with Gasteiger partial charge < -0.3 is 5.11 Å². The van der Waals surface area contributed by atoms with Gasteiger partial charge in [0.05, 0.1) is 17.7 Å². The molecule has 0 fully saturated rings. The first-order valence-electron chi connectivity index (χ1n) is 5.92. The number of rotatable bonds is 5. The van der Waals surface area contributed by atoms with E-state index in [9.17, 15) is 17.9 Å². The Labute approximate surface area is 126 Å². The summed E-state index contributed by atoms with van der Waals surface area (Å²) in [5.41, 5.74) is 0.0542. The van der Waals surface area contributed by atoms with Crippen LogP contribution in [0, 0.1) is 5.82 Å². The highest BCUT2D eigenvalue weighted by atomic mass is 35.5. The maximum absolute atomic E-state index is 13.7. The summed E-state index contributed by atoms with van der Waals surface area (Å²) in [7, 11) is -3.98. The highest BCUT2D eigenvalue weighted by molar-refractivity contribution is 7.89. The SMILES string of the molecule is O=S(=O)(N[C@H](CO)c1ccccc1F)c1cncc(Cl)c1. The molecule has 2 aromatic rings. The van der Waals surface area contributed by atoms with E-state index in [1.54, 1.807) is 6.07 Å². The van der Waals surface area contributed by atoms with Crippen LogP contribution in [0.25, 0.3) is 0 Å². The number of aromatic nitrogens is 1. The number of aliphatic hydroxyl groups is 1. The van der Waals surface area contributed by atoms with E-state index in [1.807, 2.05) is 0 Å². The minimum absolute atomic E-state index is 0.0542. The highest BCUT2D eigenvalue weighted by Crippen LogP contribution is 2.20. The predicted octanol–water partition coefficient (Wildman–Crippen LogP) is 1.89. The second kappa shape index (κ2) is 6.48. The van der Waals surface area contributed by atoms with Crippen molar-refractivity contribution < 1.29 is 17.9 Å². The Bertz CT molecular complexity index is 740. The average molecular weight is 331 g/mol. The summed E-state index contributed by atoms with van der Waals surface area (Å²) in [6, 6.07) is 5.73. The lowest BCUT2D eigenvalue weighted by atomic mass is 10.1. The molecule has 0 amide bonds. The van der Waals surface area contributed by atoms with Crippen molar-refractivity contribution in [1.82, 2.24) is 9.71 Å². The highest BCUT2D eigenvalue weighted by Gasteiger charge is 2.23. The van der Waals surface area contributed by atoms with Crippen LogP contribution >= 0.6 is 11.6 Å². The number of hydrogen-bond donors (Lipinski definition) is 2. The van der Waals surface area contributed by atoms with Gasteiger partial charge in [-0.15, -0.1) is 0 Å². The summed E-state index contributed by atoms with van der Waals surface area (Å²) in [5.74, 6) is -0.608. The smallest absolute Gasteiger partial charge is 0.242 e. The van der Waals surface area contributed by atoms with Gasteiger partial charge in [-0.3, -0.25) is 4.98 Å². The van der Waals surface area contributed by atoms with E-state index in [-0.39, 0.29) is 15.5 Å². The first kappa shape index (κ1) is 15.8. The van der Waals surface area contributed by atoms with Crippen molar-refractivity contribution in [2.24, 2.45) is 0 Å². The number of aliphatic hydroxyl groups excluding tert-OH is 1. The number of nitrogens with one attached hydrogen (secondary N) is 1. The quantitative estimate of drug-likeness (QED) is 0.877. The zero-order chi connectivity index (χ0) is 15.5. The maximum Gasteiger partial charge on any atom is 0.242 e. The van der Waals surface area contributed by atoms with Crippen molar-refractivity contribution in [1.29, 1.82) is 0 Å². The maximum atomic E-state index is 13.7. The summed E-state index contributed by atoms with van der Waals surface area (Å²) < 4.78 is 40.3. The summed E-state index contributed by atoms with van der Waals surface area (Å²) in [4.78, 5) is 3.52. The van der Waals surface area contributed by atoms with Gasteiger partial charge in [0, 0.05) is 18.0 Å². The number of benzene rings is 1. The minimum Gasteiger partial charge on any atom is -0.394 e. The fourth-order valence-corrected chi connectivity index (χ4v) is 3.18. The van der Waals surface area contributed by atoms with Crippen LogP contribution in [0.3, 0.4) is 0 Å². The summed E-state index contributed by atoms with van der Waals surface area (Å²) in [5, 5.41) is 9.49. The molecule has 0 radical (unpaired) electrons. The predicted molar refractivity (Wildman–Crippen MR) is 75.8 cm³/mol. The van der Waals surface area contributed by atoms with Crippen LogP contribution in [-0.4, -0.2) is 25.1 Å². The van der Waals surface area contributed by atoms with Crippen LogP contribution in [0.15, 0.2) is 47.6 Å². The lowest BCUT2D eigenvalue weighted by molar-refractivity contribution is 0.256. The number of hydrogen-bond acceptors (Lipinski definition) is 4. The van der Waals surface area contributed by atoms with Crippen LogP contribution < -0.4 is 4.72 Å². The minimum atomic E-state index is -3.98. The molecule has 1 heterocycles. The standard InChI is InChI=1S/C13H12ClFN2O3S/c14-9-5-10(7-16-6-9)21(19,20)17-13(8-18)11-3-1-2-4-12(11)15/h1-7,13,17-18H,8H2/t13-/m1/s1. The monoisotopic (exact) mass is 330 g/mol. The molecule has 1 atom stereocenters. The van der Waals surface area contributed by atoms with Crippen LogP contribution in [-0.2, 0) is 10.0 Å². The molecule has 5 nitrogen and oxygen atoms in total. The third-order valence-corrected chi connectivity index (χ3v) is 4.40. The van der Waals surface area contributed by atoms with E-state index < -0.39 is 28.5 Å². The molecule has 2 rings (SSSR count). The van der Waals surface area contributed by atoms with Crippen molar-refractivity contribution in [2.45, 2.75) is 10.9 Å². The lowest BCUT2D eigenvalue weighted by Gasteiger charge is -2.17. The van der Waals surface area contributed by atoms with Gasteiger partial charge in [-0.1, -0.05) is 29.8 Å². The first-order valence-corrected chi connectivity index (χ1v) is 7.78. The lowest BCUT2D eigenvalue weighted by Crippen LogP contribution is -2.31. The molecule has 0 aliphatic carbocycles. The molecule has 0 aliphatic heterocycles. The van der Waals surface area contributed by atoms with Crippen LogP contribution in [0.1, 0.15) is 11.6 Å². The molecule has 1 aromatic carbocycles. The van der Waals surface area contributed by atoms with Crippen molar-refractivity contribution >= 4 is 21.6 Å². The Kier molecular flexibility index (Phi) is 4.89. The molecule has 21 heavy (non-hydrogen) atoms. The molecular formula is C13H12ClFN2O3S. The zero-order valence-corrected chi connectivity index (χ0v) is 12.3. The van der Waals surface area contributed by atoms with Crippen molar-refractivity contribution in [2.75, 3.05) is 6.61 Å². The number of sulfonamides is 1. The number of pyridine rings is 1. The van der Waals surface area contributed by atoms with Gasteiger partial charge in [-0.25, -0.2) is 17.5 Å². The summed E-state index contributed by atoms with van der Waals surface area (Å²) >= 11 is 5.70.